The van der Waals surface area contributed by atoms with Crippen LogP contribution >= 0.6 is 0 Å². The highest BCUT2D eigenvalue weighted by molar-refractivity contribution is 5.91. The minimum atomic E-state index is -0.184. The highest BCUT2D eigenvalue weighted by atomic mass is 16.1. The molecule has 0 N–H and O–H groups in total. The van der Waals surface area contributed by atoms with Crippen LogP contribution in [-0.2, 0) is 9.59 Å². The SMILES string of the molecule is CC(=O)[C@]12C=C[C@]3(CC1)[C@@H]1CCC4=CC(=O)CC[C@@H]4[C@H]1CC[C@]23C. The molecule has 0 aromatic rings. The van der Waals surface area contributed by atoms with Crippen LogP contribution in [-0.4, -0.2) is 11.6 Å². The number of Topliss-reactive ketones (excluding diaryl/α,β-unsaturated/α-hetero) is 1. The van der Waals surface area contributed by atoms with Gasteiger partial charge in [0.15, 0.2) is 5.78 Å². The predicted octanol–water partition coefficient (Wildman–Crippen LogP) is 4.64. The normalized spacial score (nSPS) is 51.7. The molecule has 6 atom stereocenters. The quantitative estimate of drug-likeness (QED) is 0.658. The smallest absolute Gasteiger partial charge is 0.155 e. The zero-order valence-electron chi connectivity index (χ0n) is 14.9. The van der Waals surface area contributed by atoms with Crippen LogP contribution in [0.3, 0.4) is 0 Å². The summed E-state index contributed by atoms with van der Waals surface area (Å²) in [4.78, 5) is 24.4. The summed E-state index contributed by atoms with van der Waals surface area (Å²) in [5.74, 6) is 2.82. The van der Waals surface area contributed by atoms with E-state index in [2.05, 4.69) is 19.1 Å². The summed E-state index contributed by atoms with van der Waals surface area (Å²) in [6.07, 6.45) is 15.6. The van der Waals surface area contributed by atoms with Crippen molar-refractivity contribution in [3.05, 3.63) is 23.8 Å². The Bertz CT molecular complexity index is 701. The first kappa shape index (κ1) is 15.1. The highest BCUT2D eigenvalue weighted by Crippen LogP contribution is 2.78. The molecule has 2 nitrogen and oxygen atoms in total. The molecule has 3 fully saturated rings. The van der Waals surface area contributed by atoms with Crippen LogP contribution in [0.15, 0.2) is 23.8 Å². The van der Waals surface area contributed by atoms with Gasteiger partial charge in [0, 0.05) is 6.42 Å². The van der Waals surface area contributed by atoms with Crippen molar-refractivity contribution in [2.45, 2.75) is 65.2 Å². The van der Waals surface area contributed by atoms with Gasteiger partial charge in [0.25, 0.3) is 0 Å². The Labute approximate surface area is 144 Å². The number of ketones is 2. The molecule has 0 aliphatic heterocycles. The lowest BCUT2D eigenvalue weighted by Crippen LogP contribution is -2.54. The molecule has 2 heteroatoms. The van der Waals surface area contributed by atoms with Gasteiger partial charge < -0.3 is 0 Å². The number of hydrogen-bond acceptors (Lipinski definition) is 2. The summed E-state index contributed by atoms with van der Waals surface area (Å²) in [6, 6.07) is 0. The molecule has 0 heterocycles. The Morgan fingerprint density at radius 2 is 1.92 bits per heavy atom. The number of rotatable bonds is 1. The second-order valence-corrected chi connectivity index (χ2v) is 9.41. The second-order valence-electron chi connectivity index (χ2n) is 9.41. The minimum Gasteiger partial charge on any atom is -0.299 e. The summed E-state index contributed by atoms with van der Waals surface area (Å²) >= 11 is 0. The molecular weight excluding hydrogens is 296 g/mol. The third-order valence-electron chi connectivity index (χ3n) is 9.18. The Hall–Kier alpha value is -1.18. The fourth-order valence-electron chi connectivity index (χ4n) is 7.98. The van der Waals surface area contributed by atoms with Crippen molar-refractivity contribution in [2.24, 2.45) is 34.0 Å². The van der Waals surface area contributed by atoms with Crippen LogP contribution in [0.1, 0.15) is 65.2 Å². The van der Waals surface area contributed by atoms with E-state index < -0.39 is 0 Å². The van der Waals surface area contributed by atoms with Crippen molar-refractivity contribution in [1.29, 1.82) is 0 Å². The number of hydrogen-bond donors (Lipinski definition) is 0. The Morgan fingerprint density at radius 3 is 2.62 bits per heavy atom. The van der Waals surface area contributed by atoms with Crippen LogP contribution in [0.5, 0.6) is 0 Å². The maximum Gasteiger partial charge on any atom is 0.155 e. The van der Waals surface area contributed by atoms with Gasteiger partial charge in [0.05, 0.1) is 5.41 Å². The van der Waals surface area contributed by atoms with Crippen molar-refractivity contribution >= 4 is 11.6 Å². The standard InChI is InChI=1S/C22H28O2/c1-14(23)21-9-11-22(12-10-21)19-6-3-15-13-16(24)4-5-17(15)18(19)7-8-20(21,22)2/h9,11,13,17-19H,3-8,10,12H2,1-2H3/t17-,18+,19+,20+,21-,22-/m0/s1. The Balaban J connectivity index is 1.57. The van der Waals surface area contributed by atoms with Crippen LogP contribution in [0.2, 0.25) is 0 Å². The fraction of sp³-hybridized carbons (Fsp3) is 0.727. The third kappa shape index (κ3) is 1.46. The summed E-state index contributed by atoms with van der Waals surface area (Å²) in [5.41, 5.74) is 1.65. The maximum atomic E-state index is 12.6. The Kier molecular flexibility index (Phi) is 2.84. The lowest BCUT2D eigenvalue weighted by molar-refractivity contribution is -0.136. The van der Waals surface area contributed by atoms with Crippen LogP contribution in [0.4, 0.5) is 0 Å². The zero-order valence-corrected chi connectivity index (χ0v) is 14.9. The van der Waals surface area contributed by atoms with Crippen molar-refractivity contribution < 1.29 is 9.59 Å². The van der Waals surface area contributed by atoms with Gasteiger partial charge in [-0.05, 0) is 86.5 Å². The monoisotopic (exact) mass is 324 g/mol. The highest BCUT2D eigenvalue weighted by Gasteiger charge is 2.72. The molecule has 0 amide bonds. The van der Waals surface area contributed by atoms with Gasteiger partial charge in [-0.3, -0.25) is 9.59 Å². The lowest BCUT2D eigenvalue weighted by Gasteiger charge is -2.59. The predicted molar refractivity (Wildman–Crippen MR) is 93.3 cm³/mol. The van der Waals surface area contributed by atoms with E-state index in [9.17, 15) is 9.59 Å². The lowest BCUT2D eigenvalue weighted by atomic mass is 9.44. The summed E-state index contributed by atoms with van der Waals surface area (Å²) in [6.45, 7) is 4.24. The van der Waals surface area contributed by atoms with E-state index in [1.807, 2.05) is 13.0 Å². The fourth-order valence-corrected chi connectivity index (χ4v) is 7.98. The number of fused-ring (bicyclic) bond motifs is 3. The van der Waals surface area contributed by atoms with Gasteiger partial charge in [-0.15, -0.1) is 0 Å². The van der Waals surface area contributed by atoms with Crippen molar-refractivity contribution in [3.8, 4) is 0 Å². The molecule has 0 aromatic heterocycles. The summed E-state index contributed by atoms with van der Waals surface area (Å²) < 4.78 is 0. The molecule has 5 aliphatic carbocycles. The number of carbonyl (C=O) groups is 2. The maximum absolute atomic E-state index is 12.6. The average Bonchev–Trinajstić information content (AvgIpc) is 2.99. The first-order valence-electron chi connectivity index (χ1n) is 9.88. The van der Waals surface area contributed by atoms with Crippen molar-refractivity contribution in [2.75, 3.05) is 0 Å². The number of carbonyl (C=O) groups excluding carboxylic acids is 2. The first-order chi connectivity index (χ1) is 11.4. The molecule has 0 saturated heterocycles. The second kappa shape index (κ2) is 4.51. The molecule has 0 unspecified atom stereocenters. The molecule has 0 aromatic carbocycles. The summed E-state index contributed by atoms with van der Waals surface area (Å²) in [7, 11) is 0. The van der Waals surface area contributed by atoms with Gasteiger partial charge in [-0.25, -0.2) is 0 Å². The molecule has 0 spiro atoms. The van der Waals surface area contributed by atoms with E-state index in [1.165, 1.54) is 31.3 Å². The van der Waals surface area contributed by atoms with E-state index in [4.69, 9.17) is 0 Å². The van der Waals surface area contributed by atoms with Gasteiger partial charge >= 0.3 is 0 Å². The largest absolute Gasteiger partial charge is 0.299 e. The molecule has 128 valence electrons. The van der Waals surface area contributed by atoms with E-state index in [1.54, 1.807) is 0 Å². The Morgan fingerprint density at radius 1 is 1.08 bits per heavy atom. The van der Waals surface area contributed by atoms with E-state index in [-0.39, 0.29) is 16.2 Å². The first-order valence-corrected chi connectivity index (χ1v) is 9.88. The average molecular weight is 324 g/mol. The van der Waals surface area contributed by atoms with Crippen molar-refractivity contribution in [3.63, 3.8) is 0 Å². The molecule has 2 bridgehead atoms. The van der Waals surface area contributed by atoms with Crippen LogP contribution in [0.25, 0.3) is 0 Å². The molecule has 24 heavy (non-hydrogen) atoms. The molecular formula is C22H28O2. The topological polar surface area (TPSA) is 34.1 Å². The minimum absolute atomic E-state index is 0.138. The van der Waals surface area contributed by atoms with E-state index in [0.29, 0.717) is 23.4 Å². The van der Waals surface area contributed by atoms with Gasteiger partial charge in [0.2, 0.25) is 0 Å². The van der Waals surface area contributed by atoms with Crippen molar-refractivity contribution in [1.82, 2.24) is 0 Å². The van der Waals surface area contributed by atoms with Crippen LogP contribution < -0.4 is 0 Å². The van der Waals surface area contributed by atoms with Gasteiger partial charge in [0.1, 0.15) is 5.78 Å². The third-order valence-corrected chi connectivity index (χ3v) is 9.18. The molecule has 5 aliphatic rings. The molecule has 3 saturated carbocycles. The van der Waals surface area contributed by atoms with Gasteiger partial charge in [-0.2, -0.15) is 0 Å². The number of allylic oxidation sites excluding steroid dienone is 3. The molecule has 5 rings (SSSR count). The van der Waals surface area contributed by atoms with Gasteiger partial charge in [-0.1, -0.05) is 24.6 Å². The summed E-state index contributed by atoms with van der Waals surface area (Å²) in [5, 5.41) is 0. The van der Waals surface area contributed by atoms with E-state index in [0.717, 1.165) is 31.6 Å². The van der Waals surface area contributed by atoms with E-state index >= 15 is 0 Å². The van der Waals surface area contributed by atoms with Crippen LogP contribution in [0, 0.1) is 34.0 Å². The zero-order chi connectivity index (χ0) is 16.7. The molecule has 0 radical (unpaired) electrons.